The highest BCUT2D eigenvalue weighted by atomic mass is 35.5. The summed E-state index contributed by atoms with van der Waals surface area (Å²) in [5.74, 6) is 1.06. The number of oxazole rings is 1. The molecule has 15 heavy (non-hydrogen) atoms. The molecule has 0 aliphatic heterocycles. The highest BCUT2D eigenvalue weighted by Crippen LogP contribution is 2.28. The molecule has 1 aromatic heterocycles. The summed E-state index contributed by atoms with van der Waals surface area (Å²) in [7, 11) is 0. The molecule has 0 aliphatic carbocycles. The van der Waals surface area contributed by atoms with E-state index < -0.39 is 0 Å². The van der Waals surface area contributed by atoms with E-state index in [1.165, 1.54) is 6.39 Å². The van der Waals surface area contributed by atoms with Crippen LogP contribution in [0.3, 0.4) is 0 Å². The van der Waals surface area contributed by atoms with Crippen LogP contribution < -0.4 is 0 Å². The largest absolute Gasteiger partial charge is 0.443 e. The van der Waals surface area contributed by atoms with Gasteiger partial charge in [-0.3, -0.25) is 0 Å². The summed E-state index contributed by atoms with van der Waals surface area (Å²) in [6.45, 7) is 1.97. The smallest absolute Gasteiger partial charge is 0.181 e. The summed E-state index contributed by atoms with van der Waals surface area (Å²) >= 11 is 11.6. The van der Waals surface area contributed by atoms with Crippen molar-refractivity contribution in [3.63, 3.8) is 0 Å². The van der Waals surface area contributed by atoms with E-state index in [4.69, 9.17) is 27.6 Å². The Bertz CT molecular complexity index is 479. The monoisotopic (exact) mass is 241 g/mol. The predicted octanol–water partition coefficient (Wildman–Crippen LogP) is 4.04. The zero-order valence-electron chi connectivity index (χ0n) is 8.13. The van der Waals surface area contributed by atoms with Crippen LogP contribution in [-0.2, 0) is 5.88 Å². The third-order valence-corrected chi connectivity index (χ3v) is 2.69. The van der Waals surface area contributed by atoms with Crippen molar-refractivity contribution >= 4 is 23.2 Å². The second-order valence-corrected chi connectivity index (χ2v) is 3.92. The normalized spacial score (nSPS) is 10.6. The highest BCUT2D eigenvalue weighted by molar-refractivity contribution is 6.30. The fourth-order valence-electron chi connectivity index (χ4n) is 1.47. The van der Waals surface area contributed by atoms with Gasteiger partial charge in [0.2, 0.25) is 0 Å². The molecule has 0 unspecified atom stereocenters. The maximum Gasteiger partial charge on any atom is 0.181 e. The molecule has 2 aromatic rings. The van der Waals surface area contributed by atoms with Crippen LogP contribution in [0, 0.1) is 6.92 Å². The first kappa shape index (κ1) is 10.5. The first-order valence-electron chi connectivity index (χ1n) is 4.47. The summed E-state index contributed by atoms with van der Waals surface area (Å²) in [5, 5.41) is 0.711. The number of nitrogens with zero attached hydrogens (tertiary/aromatic N) is 1. The Morgan fingerprint density at radius 2 is 2.20 bits per heavy atom. The van der Waals surface area contributed by atoms with Crippen LogP contribution in [-0.4, -0.2) is 4.98 Å². The number of aromatic nitrogens is 1. The van der Waals surface area contributed by atoms with Gasteiger partial charge in [0.25, 0.3) is 0 Å². The minimum Gasteiger partial charge on any atom is -0.443 e. The Hall–Kier alpha value is -0.990. The fraction of sp³-hybridized carbons (Fsp3) is 0.182. The van der Waals surface area contributed by atoms with Gasteiger partial charge < -0.3 is 4.42 Å². The molecule has 0 fully saturated rings. The third-order valence-electron chi connectivity index (χ3n) is 2.20. The molecular formula is C11H9Cl2NO. The lowest BCUT2D eigenvalue weighted by atomic mass is 10.1. The minimum absolute atomic E-state index is 0.341. The molecular weight excluding hydrogens is 233 g/mol. The molecule has 4 heteroatoms. The van der Waals surface area contributed by atoms with Crippen molar-refractivity contribution in [2.24, 2.45) is 0 Å². The molecule has 0 spiro atoms. The van der Waals surface area contributed by atoms with E-state index in [0.29, 0.717) is 10.9 Å². The molecule has 2 rings (SSSR count). The molecule has 0 saturated carbocycles. The predicted molar refractivity (Wildman–Crippen MR) is 61.2 cm³/mol. The van der Waals surface area contributed by atoms with E-state index in [1.807, 2.05) is 25.1 Å². The number of hydrogen-bond donors (Lipinski definition) is 0. The van der Waals surface area contributed by atoms with Crippen molar-refractivity contribution in [3.8, 4) is 11.3 Å². The van der Waals surface area contributed by atoms with Crippen molar-refractivity contribution in [2.75, 3.05) is 0 Å². The standard InChI is InChI=1S/C11H9Cl2NO/c1-7-4-8(13)2-3-9(7)11-10(5-12)14-6-15-11/h2-4,6H,5H2,1H3. The summed E-state index contributed by atoms with van der Waals surface area (Å²) in [5.41, 5.74) is 2.78. The molecule has 0 atom stereocenters. The van der Waals surface area contributed by atoms with Gasteiger partial charge in [0.1, 0.15) is 5.69 Å². The Morgan fingerprint density at radius 1 is 1.40 bits per heavy atom. The number of halogens is 2. The van der Waals surface area contributed by atoms with Gasteiger partial charge in [-0.05, 0) is 30.7 Å². The van der Waals surface area contributed by atoms with E-state index in [1.54, 1.807) is 0 Å². The van der Waals surface area contributed by atoms with Gasteiger partial charge in [-0.2, -0.15) is 0 Å². The average Bonchev–Trinajstić information content (AvgIpc) is 2.65. The summed E-state index contributed by atoms with van der Waals surface area (Å²) in [6.07, 6.45) is 1.40. The van der Waals surface area contributed by atoms with Crippen molar-refractivity contribution in [1.29, 1.82) is 0 Å². The van der Waals surface area contributed by atoms with Gasteiger partial charge in [-0.15, -0.1) is 11.6 Å². The Kier molecular flexibility index (Phi) is 2.98. The number of aryl methyl sites for hydroxylation is 1. The van der Waals surface area contributed by atoms with Gasteiger partial charge in [-0.25, -0.2) is 4.98 Å². The Labute approximate surface area is 97.8 Å². The van der Waals surface area contributed by atoms with Crippen LogP contribution in [0.5, 0.6) is 0 Å². The number of benzene rings is 1. The van der Waals surface area contributed by atoms with Gasteiger partial charge in [0.15, 0.2) is 12.2 Å². The SMILES string of the molecule is Cc1cc(Cl)ccc1-c1ocnc1CCl. The van der Waals surface area contributed by atoms with Crippen LogP contribution in [0.25, 0.3) is 11.3 Å². The quantitative estimate of drug-likeness (QED) is 0.742. The van der Waals surface area contributed by atoms with Crippen LogP contribution in [0.2, 0.25) is 5.02 Å². The summed E-state index contributed by atoms with van der Waals surface area (Å²) in [4.78, 5) is 4.04. The number of rotatable bonds is 2. The highest BCUT2D eigenvalue weighted by Gasteiger charge is 2.11. The zero-order chi connectivity index (χ0) is 10.8. The van der Waals surface area contributed by atoms with Crippen molar-refractivity contribution in [1.82, 2.24) is 4.98 Å². The second kappa shape index (κ2) is 4.25. The van der Waals surface area contributed by atoms with Gasteiger partial charge in [0, 0.05) is 10.6 Å². The molecule has 0 N–H and O–H groups in total. The fourth-order valence-corrected chi connectivity index (χ4v) is 1.88. The maximum absolute atomic E-state index is 5.88. The molecule has 0 saturated heterocycles. The lowest BCUT2D eigenvalue weighted by Crippen LogP contribution is -1.86. The number of alkyl halides is 1. The number of hydrogen-bond acceptors (Lipinski definition) is 2. The molecule has 0 aliphatic rings. The molecule has 1 aromatic carbocycles. The van der Waals surface area contributed by atoms with E-state index in [9.17, 15) is 0 Å². The minimum atomic E-state index is 0.341. The van der Waals surface area contributed by atoms with Crippen LogP contribution in [0.15, 0.2) is 29.0 Å². The Morgan fingerprint density at radius 3 is 2.87 bits per heavy atom. The van der Waals surface area contributed by atoms with Gasteiger partial charge in [0.05, 0.1) is 5.88 Å². The molecule has 0 bridgehead atoms. The zero-order valence-corrected chi connectivity index (χ0v) is 9.64. The molecule has 0 amide bonds. The van der Waals surface area contributed by atoms with E-state index in [2.05, 4.69) is 4.98 Å². The molecule has 0 radical (unpaired) electrons. The van der Waals surface area contributed by atoms with E-state index in [0.717, 1.165) is 22.6 Å². The lowest BCUT2D eigenvalue weighted by molar-refractivity contribution is 0.571. The molecule has 78 valence electrons. The lowest BCUT2D eigenvalue weighted by Gasteiger charge is -2.03. The van der Waals surface area contributed by atoms with Crippen LogP contribution in [0.4, 0.5) is 0 Å². The van der Waals surface area contributed by atoms with Gasteiger partial charge in [-0.1, -0.05) is 11.6 Å². The van der Waals surface area contributed by atoms with Crippen LogP contribution in [0.1, 0.15) is 11.3 Å². The Balaban J connectivity index is 2.54. The van der Waals surface area contributed by atoms with E-state index in [-0.39, 0.29) is 0 Å². The molecule has 2 nitrogen and oxygen atoms in total. The maximum atomic E-state index is 5.88. The van der Waals surface area contributed by atoms with Crippen molar-refractivity contribution < 1.29 is 4.42 Å². The average molecular weight is 242 g/mol. The molecule has 1 heterocycles. The third kappa shape index (κ3) is 2.01. The summed E-state index contributed by atoms with van der Waals surface area (Å²) in [6, 6.07) is 5.62. The summed E-state index contributed by atoms with van der Waals surface area (Å²) < 4.78 is 5.32. The van der Waals surface area contributed by atoms with Crippen molar-refractivity contribution in [3.05, 3.63) is 40.9 Å². The first-order valence-corrected chi connectivity index (χ1v) is 5.38. The topological polar surface area (TPSA) is 26.0 Å². The van der Waals surface area contributed by atoms with Crippen LogP contribution >= 0.6 is 23.2 Å². The van der Waals surface area contributed by atoms with E-state index >= 15 is 0 Å². The van der Waals surface area contributed by atoms with Crippen molar-refractivity contribution in [2.45, 2.75) is 12.8 Å². The van der Waals surface area contributed by atoms with Gasteiger partial charge >= 0.3 is 0 Å². The second-order valence-electron chi connectivity index (χ2n) is 3.22. The first-order chi connectivity index (χ1) is 7.22.